The Morgan fingerprint density at radius 3 is 1.05 bits per heavy atom. The first-order valence-corrected chi connectivity index (χ1v) is 31.1. The van der Waals surface area contributed by atoms with Gasteiger partial charge in [0.05, 0.1) is 52.9 Å². The second-order valence-corrected chi connectivity index (χ2v) is 24.7. The molecule has 3 amide bonds. The molecule has 0 aliphatic carbocycles. The summed E-state index contributed by atoms with van der Waals surface area (Å²) in [7, 11) is 0. The third kappa shape index (κ3) is 17.8. The van der Waals surface area contributed by atoms with E-state index in [9.17, 15) is 132 Å². The molecule has 8 aliphatic rings. The van der Waals surface area contributed by atoms with Gasteiger partial charge in [-0.05, 0) is 0 Å². The van der Waals surface area contributed by atoms with Crippen molar-refractivity contribution < 1.29 is 203 Å². The Hall–Kier alpha value is -3.11. The quantitative estimate of drug-likeness (QED) is 0.0404. The van der Waals surface area contributed by atoms with E-state index in [1.807, 2.05) is 0 Å². The zero-order valence-electron chi connectivity index (χ0n) is 52.4. The van der Waals surface area contributed by atoms with Crippen LogP contribution in [-0.4, -0.2) is 433 Å². The molecule has 44 nitrogen and oxygen atoms in total. The summed E-state index contributed by atoms with van der Waals surface area (Å²) < 4.78 is 87.1. The molecule has 8 heterocycles. The normalized spacial score (nSPS) is 49.5. The van der Waals surface area contributed by atoms with E-state index in [-0.39, 0.29) is 0 Å². The van der Waals surface area contributed by atoms with Crippen molar-refractivity contribution in [1.29, 1.82) is 0 Å². The van der Waals surface area contributed by atoms with Gasteiger partial charge >= 0.3 is 0 Å². The molecule has 0 unspecified atom stereocenters. The summed E-state index contributed by atoms with van der Waals surface area (Å²) in [4.78, 5) is 37.8. The molecule has 8 fully saturated rings. The first-order chi connectivity index (χ1) is 46.3. The number of nitrogens with one attached hydrogen (secondary N) is 3. The van der Waals surface area contributed by atoms with Gasteiger partial charge in [0.1, 0.15) is 195 Å². The molecule has 0 aromatic heterocycles. The lowest BCUT2D eigenvalue weighted by atomic mass is 9.93. The van der Waals surface area contributed by atoms with E-state index in [1.165, 1.54) is 0 Å². The number of carbonyl (C=O) groups is 3. The number of aliphatic hydroxyl groups excluding tert-OH is 23. The smallest absolute Gasteiger partial charge is 0.217 e. The highest BCUT2D eigenvalue weighted by Crippen LogP contribution is 2.38. The Morgan fingerprint density at radius 2 is 0.571 bits per heavy atom. The van der Waals surface area contributed by atoms with Crippen LogP contribution in [0.25, 0.3) is 0 Å². The SMILES string of the molecule is CC(=O)N[C@@H]1[C@@H](O)[C@H](O[C@@H]2O[C@H](CO)[C@@H](O[C@@H]3O[C@H](CO[C@H]4O[C@H](CO)[C@@H](O)[C@H](O)[C@@H]4O[C@H]4O[C@H](CO[C@H]5O[C@H](CO)[C@@H](O)[C@H](O)[C@@H]5O)[C@@H](O)[C@H](O)[C@H]4NC(C)=O)[C@@H](O)[C@H](O[C@@H]4O[C@H](CO)[C@@H](O)[C@H](O)[C@@H]4O)[C@@H]3O)[C@H](O)[C@H]2NC(C)=O)[C@@H](CO[C@H]2O[C@H](CO)[C@@H](O)[C@H](O)[C@@H]2O)O[C@H]1O. The third-order valence-electron chi connectivity index (χ3n) is 17.8. The minimum Gasteiger partial charge on any atom is -0.394 e. The highest BCUT2D eigenvalue weighted by Gasteiger charge is 2.59. The first-order valence-electron chi connectivity index (χ1n) is 31.1. The zero-order valence-corrected chi connectivity index (χ0v) is 52.4. The summed E-state index contributed by atoms with van der Waals surface area (Å²) >= 11 is 0. The standard InChI is InChI=1S/C54H91N3O41/c1-12(63)55-23-33(73)44(22(87-47(23)83)11-85-51-40(80)36(76)27(67)16(5-59)89-51)95-49-25(57-14(3)65)34(74)43(19(8-62)92-49)96-53-42(82)45(97-52-41(81)37(77)28(68)17(6-60)90-52)31(71)21(94-53)10-86-54-46(38(78)29(69)18(7-61)91-54)98-48-24(56-13(2)64)32(72)30(70)20(93-48)9-84-50-39(79)35(75)26(66)15(4-58)88-50/h15-54,58-62,66-83H,4-11H2,1-3H3,(H,55,63)(H,56,64)(H,57,65)/t15-,16-,17-,18-,19-,20-,21-,22-,23-,24-,25-,26-,27-,28-,29-,30-,31-,32-,33-,34-,35+,36+,37+,38+,39+,40+,41+,42+,43-,44-,45+,46+,47-,48-,49+,50+,51+,52+,53+,54+/m1/s1. The van der Waals surface area contributed by atoms with Crippen molar-refractivity contribution in [2.24, 2.45) is 0 Å². The van der Waals surface area contributed by atoms with Crippen LogP contribution in [0.4, 0.5) is 0 Å². The van der Waals surface area contributed by atoms with Crippen LogP contribution < -0.4 is 16.0 Å². The lowest BCUT2D eigenvalue weighted by Gasteiger charge is -2.50. The van der Waals surface area contributed by atoms with E-state index in [1.54, 1.807) is 0 Å². The highest BCUT2D eigenvalue weighted by molar-refractivity contribution is 5.74. The molecule has 26 N–H and O–H groups in total. The molecule has 44 heteroatoms. The van der Waals surface area contributed by atoms with Crippen LogP contribution in [0.2, 0.25) is 0 Å². The molecule has 568 valence electrons. The van der Waals surface area contributed by atoms with Crippen molar-refractivity contribution in [3.05, 3.63) is 0 Å². The molecule has 98 heavy (non-hydrogen) atoms. The van der Waals surface area contributed by atoms with Crippen LogP contribution in [-0.2, 0) is 85.4 Å². The van der Waals surface area contributed by atoms with Crippen molar-refractivity contribution in [2.75, 3.05) is 52.9 Å². The fourth-order valence-electron chi connectivity index (χ4n) is 12.4. The summed E-state index contributed by atoms with van der Waals surface area (Å²) in [5, 5.41) is 257. The molecule has 0 radical (unpaired) electrons. The van der Waals surface area contributed by atoms with Gasteiger partial charge in [0.25, 0.3) is 0 Å². The molecular formula is C54H91N3O41. The summed E-state index contributed by atoms with van der Waals surface area (Å²) in [6.45, 7) is -4.89. The summed E-state index contributed by atoms with van der Waals surface area (Å²) in [5.41, 5.74) is 0. The van der Waals surface area contributed by atoms with Crippen molar-refractivity contribution >= 4 is 17.7 Å². The first kappa shape index (κ1) is 80.6. The van der Waals surface area contributed by atoms with Gasteiger partial charge in [-0.3, -0.25) is 14.4 Å². The van der Waals surface area contributed by atoms with Crippen LogP contribution in [0.3, 0.4) is 0 Å². The minimum atomic E-state index is -2.41. The average Bonchev–Trinajstić information content (AvgIpc) is 0.769. The molecule has 40 atom stereocenters. The van der Waals surface area contributed by atoms with Crippen LogP contribution in [0.15, 0.2) is 0 Å². The number of hydrogen-bond donors (Lipinski definition) is 26. The Balaban J connectivity index is 1.06. The van der Waals surface area contributed by atoms with Gasteiger partial charge in [0, 0.05) is 20.8 Å². The number of ether oxygens (including phenoxy) is 15. The number of carbonyl (C=O) groups excluding carboxylic acids is 3. The van der Waals surface area contributed by atoms with E-state index < -0.39 is 316 Å². The highest BCUT2D eigenvalue weighted by atomic mass is 16.8. The van der Waals surface area contributed by atoms with Crippen molar-refractivity contribution in [1.82, 2.24) is 16.0 Å². The zero-order chi connectivity index (χ0) is 72.2. The lowest BCUT2D eigenvalue weighted by molar-refractivity contribution is -0.388. The van der Waals surface area contributed by atoms with Gasteiger partial charge in [-0.15, -0.1) is 0 Å². The number of amides is 3. The Morgan fingerprint density at radius 1 is 0.265 bits per heavy atom. The van der Waals surface area contributed by atoms with Gasteiger partial charge in [-0.2, -0.15) is 0 Å². The van der Waals surface area contributed by atoms with Crippen LogP contribution >= 0.6 is 0 Å². The van der Waals surface area contributed by atoms with Gasteiger partial charge in [0.15, 0.2) is 50.3 Å². The van der Waals surface area contributed by atoms with Crippen LogP contribution in [0.5, 0.6) is 0 Å². The molecule has 0 aromatic rings. The summed E-state index contributed by atoms with van der Waals surface area (Å²) in [6, 6.07) is -5.44. The van der Waals surface area contributed by atoms with E-state index in [0.717, 1.165) is 20.8 Å². The lowest BCUT2D eigenvalue weighted by Crippen LogP contribution is -2.70. The van der Waals surface area contributed by atoms with Gasteiger partial charge < -0.3 is 204 Å². The van der Waals surface area contributed by atoms with E-state index >= 15 is 0 Å². The Labute approximate surface area is 554 Å². The van der Waals surface area contributed by atoms with Crippen LogP contribution in [0.1, 0.15) is 20.8 Å². The largest absolute Gasteiger partial charge is 0.394 e. The fourth-order valence-corrected chi connectivity index (χ4v) is 12.4. The molecule has 8 rings (SSSR count). The molecule has 0 bridgehead atoms. The predicted octanol–water partition coefficient (Wildman–Crippen LogP) is -18.0. The number of rotatable bonds is 25. The van der Waals surface area contributed by atoms with E-state index in [4.69, 9.17) is 71.1 Å². The van der Waals surface area contributed by atoms with Crippen molar-refractivity contribution in [3.63, 3.8) is 0 Å². The molecule has 8 saturated heterocycles. The fraction of sp³-hybridized carbons (Fsp3) is 0.944. The molecule has 0 spiro atoms. The predicted molar refractivity (Wildman–Crippen MR) is 299 cm³/mol. The van der Waals surface area contributed by atoms with Gasteiger partial charge in [0.2, 0.25) is 17.7 Å². The second-order valence-electron chi connectivity index (χ2n) is 24.7. The maximum absolute atomic E-state index is 13.0. The minimum absolute atomic E-state index is 0.818. The Kier molecular flexibility index (Phi) is 28.9. The van der Waals surface area contributed by atoms with Crippen molar-refractivity contribution in [3.8, 4) is 0 Å². The maximum Gasteiger partial charge on any atom is 0.217 e. The van der Waals surface area contributed by atoms with Gasteiger partial charge in [-0.1, -0.05) is 0 Å². The van der Waals surface area contributed by atoms with Gasteiger partial charge in [-0.25, -0.2) is 0 Å². The monoisotopic (exact) mass is 1440 g/mol. The number of aliphatic hydroxyl groups is 23. The molecule has 8 aliphatic heterocycles. The van der Waals surface area contributed by atoms with E-state index in [2.05, 4.69) is 16.0 Å². The van der Waals surface area contributed by atoms with E-state index in [0.29, 0.717) is 0 Å². The molecule has 0 aromatic carbocycles. The molecular weight excluding hydrogens is 1350 g/mol. The van der Waals surface area contributed by atoms with Crippen LogP contribution in [0, 0.1) is 0 Å². The topological polar surface area (TPSA) is 691 Å². The summed E-state index contributed by atoms with van der Waals surface area (Å²) in [6.07, 6.45) is -73.7. The maximum atomic E-state index is 13.0. The average molecular weight is 1440 g/mol. The summed E-state index contributed by atoms with van der Waals surface area (Å²) in [5.74, 6) is -2.63. The second kappa shape index (κ2) is 35.1. The molecule has 0 saturated carbocycles. The Bertz CT molecular complexity index is 2510. The van der Waals surface area contributed by atoms with Crippen molar-refractivity contribution in [2.45, 2.75) is 266 Å². The number of hydrogen-bond acceptors (Lipinski definition) is 41. The third-order valence-corrected chi connectivity index (χ3v) is 17.8.